The molecule has 0 bridgehead atoms. The quantitative estimate of drug-likeness (QED) is 0.192. The topological polar surface area (TPSA) is 222 Å². The van der Waals surface area contributed by atoms with Crippen LogP contribution in [0.25, 0.3) is 0 Å². The molecule has 0 spiro atoms. The number of benzene rings is 1. The second kappa shape index (κ2) is 13.8. The van der Waals surface area contributed by atoms with Gasteiger partial charge >= 0.3 is 31.6 Å². The second-order valence-corrected chi connectivity index (χ2v) is 10.9. The predicted octanol–water partition coefficient (Wildman–Crippen LogP) is 1.48. The standard InChI is InChI=1S/C20H26ClN4O9P.C2HF3O2/c1-11(17(27)31-3)24-35(30,34-13-6-4-12(21)5-7-13)32-10-14-16(26)20(2,29)18(33-14)25-9-8-15(22)23-19(25)28;3-2(4,5)1(6)7/h4-9,11,14,16,18,26,29H,10H2,1-3H3,(H,24,30)(H2,22,23,28);(H,6,7)/t11-,14-,16-,18-,20-,35?;/m1./s1. The number of nitrogens with zero attached hydrogens (tertiary/aromatic N) is 2. The Morgan fingerprint density at radius 1 is 1.31 bits per heavy atom. The van der Waals surface area contributed by atoms with Crippen LogP contribution in [0.3, 0.4) is 0 Å². The van der Waals surface area contributed by atoms with Crippen molar-refractivity contribution in [1.82, 2.24) is 14.6 Å². The summed E-state index contributed by atoms with van der Waals surface area (Å²) in [5.74, 6) is -3.41. The third-order valence-corrected chi connectivity index (χ3v) is 7.35. The number of anilines is 1. The molecule has 20 heteroatoms. The summed E-state index contributed by atoms with van der Waals surface area (Å²) in [5.41, 5.74) is 2.73. The van der Waals surface area contributed by atoms with E-state index in [0.717, 1.165) is 11.7 Å². The molecule has 6 N–H and O–H groups in total. The van der Waals surface area contributed by atoms with Crippen molar-refractivity contribution in [1.29, 1.82) is 0 Å². The first-order chi connectivity index (χ1) is 19.3. The summed E-state index contributed by atoms with van der Waals surface area (Å²) in [7, 11) is -3.11. The number of aliphatic hydroxyl groups is 2. The zero-order valence-corrected chi connectivity index (χ0v) is 23.7. The number of carboxylic acid groups (broad SMARTS) is 1. The van der Waals surface area contributed by atoms with Crippen LogP contribution >= 0.6 is 19.3 Å². The van der Waals surface area contributed by atoms with Crippen LogP contribution in [0.5, 0.6) is 5.75 Å². The zero-order valence-electron chi connectivity index (χ0n) is 22.0. The molecule has 2 heterocycles. The van der Waals surface area contributed by atoms with Crippen molar-refractivity contribution in [3.63, 3.8) is 0 Å². The molecular formula is C22H27ClF3N4O11P. The number of alkyl halides is 3. The molecule has 1 saturated heterocycles. The zero-order chi connectivity index (χ0) is 32.0. The Balaban J connectivity index is 0.000000782. The number of nitrogens with two attached hydrogens (primary N) is 1. The van der Waals surface area contributed by atoms with E-state index in [-0.39, 0.29) is 11.6 Å². The van der Waals surface area contributed by atoms with Gasteiger partial charge in [-0.15, -0.1) is 0 Å². The highest BCUT2D eigenvalue weighted by molar-refractivity contribution is 7.52. The van der Waals surface area contributed by atoms with Gasteiger partial charge in [0.05, 0.1) is 13.7 Å². The lowest BCUT2D eigenvalue weighted by Gasteiger charge is -2.27. The van der Waals surface area contributed by atoms with Crippen molar-refractivity contribution < 1.29 is 61.2 Å². The highest BCUT2D eigenvalue weighted by atomic mass is 35.5. The van der Waals surface area contributed by atoms with Gasteiger partial charge in [0.1, 0.15) is 35.4 Å². The Hall–Kier alpha value is -3.25. The van der Waals surface area contributed by atoms with Gasteiger partial charge in [0.2, 0.25) is 0 Å². The maximum absolute atomic E-state index is 13.5. The van der Waals surface area contributed by atoms with E-state index < -0.39 is 68.2 Å². The van der Waals surface area contributed by atoms with Crippen LogP contribution in [0.4, 0.5) is 19.0 Å². The molecule has 1 unspecified atom stereocenters. The number of carbonyl (C=O) groups is 2. The average molecular weight is 647 g/mol. The summed E-state index contributed by atoms with van der Waals surface area (Å²) in [5, 5.41) is 31.5. The molecule has 0 aliphatic carbocycles. The number of hydrogen-bond acceptors (Lipinski definition) is 12. The Morgan fingerprint density at radius 2 is 1.88 bits per heavy atom. The van der Waals surface area contributed by atoms with Gasteiger partial charge in [0.25, 0.3) is 0 Å². The molecular weight excluding hydrogens is 620 g/mol. The van der Waals surface area contributed by atoms with E-state index in [2.05, 4.69) is 14.8 Å². The summed E-state index contributed by atoms with van der Waals surface area (Å²) in [4.78, 5) is 36.6. The van der Waals surface area contributed by atoms with Crippen LogP contribution in [-0.4, -0.2) is 80.6 Å². The first-order valence-electron chi connectivity index (χ1n) is 11.6. The van der Waals surface area contributed by atoms with Crippen molar-refractivity contribution in [2.75, 3.05) is 19.5 Å². The minimum Gasteiger partial charge on any atom is -0.475 e. The number of rotatable bonds is 9. The molecule has 234 valence electrons. The minimum absolute atomic E-state index is 0.0320. The molecule has 3 rings (SSSR count). The summed E-state index contributed by atoms with van der Waals surface area (Å²) in [6.45, 7) is 2.08. The third-order valence-electron chi connectivity index (χ3n) is 5.46. The first-order valence-corrected chi connectivity index (χ1v) is 13.5. The number of methoxy groups -OCH3 is 1. The lowest BCUT2D eigenvalue weighted by Crippen LogP contribution is -2.46. The molecule has 1 aromatic carbocycles. The smallest absolute Gasteiger partial charge is 0.475 e. The SMILES string of the molecule is COC(=O)[C@@H](C)NP(=O)(OC[C@H]1O[C@@H](n2ccc(N)nc2=O)[C@](C)(O)[C@@H]1O)Oc1ccc(Cl)cc1.O=C(O)C(F)(F)F. The fourth-order valence-corrected chi connectivity index (χ4v) is 4.97. The Morgan fingerprint density at radius 3 is 2.38 bits per heavy atom. The van der Waals surface area contributed by atoms with Crippen molar-refractivity contribution in [2.24, 2.45) is 0 Å². The van der Waals surface area contributed by atoms with Gasteiger partial charge in [-0.2, -0.15) is 23.2 Å². The summed E-state index contributed by atoms with van der Waals surface area (Å²) < 4.78 is 67.5. The molecule has 0 radical (unpaired) electrons. The van der Waals surface area contributed by atoms with Gasteiger partial charge < -0.3 is 35.1 Å². The van der Waals surface area contributed by atoms with Crippen LogP contribution in [0.1, 0.15) is 20.1 Å². The number of carboxylic acids is 1. The number of ether oxygens (including phenoxy) is 2. The third kappa shape index (κ3) is 9.12. The lowest BCUT2D eigenvalue weighted by atomic mass is 9.96. The number of esters is 1. The summed E-state index contributed by atoms with van der Waals surface area (Å²) in [6.07, 6.45) is -8.01. The van der Waals surface area contributed by atoms with Crippen LogP contribution in [0, 0.1) is 0 Å². The molecule has 6 atom stereocenters. The first kappa shape index (κ1) is 34.9. The van der Waals surface area contributed by atoms with Crippen molar-refractivity contribution in [3.05, 3.63) is 52.0 Å². The Bertz CT molecular complexity index is 1360. The predicted molar refractivity (Wildman–Crippen MR) is 137 cm³/mol. The van der Waals surface area contributed by atoms with Crippen molar-refractivity contribution in [2.45, 2.75) is 50.1 Å². The minimum atomic E-state index is -5.08. The van der Waals surface area contributed by atoms with Gasteiger partial charge in [-0.3, -0.25) is 13.9 Å². The number of halogens is 4. The fourth-order valence-electron chi connectivity index (χ4n) is 3.34. The monoisotopic (exact) mass is 646 g/mol. The van der Waals surface area contributed by atoms with Crippen LogP contribution in [0.2, 0.25) is 5.02 Å². The Labute approximate surface area is 240 Å². The van der Waals surface area contributed by atoms with E-state index in [9.17, 15) is 37.5 Å². The molecule has 42 heavy (non-hydrogen) atoms. The number of aliphatic hydroxyl groups excluding tert-OH is 1. The fraction of sp³-hybridized carbons (Fsp3) is 0.455. The molecule has 15 nitrogen and oxygen atoms in total. The average Bonchev–Trinajstić information content (AvgIpc) is 3.11. The molecule has 1 fully saturated rings. The van der Waals surface area contributed by atoms with Gasteiger partial charge in [-0.05, 0) is 44.2 Å². The van der Waals surface area contributed by atoms with E-state index in [1.54, 1.807) is 0 Å². The van der Waals surface area contributed by atoms with Gasteiger partial charge in [0.15, 0.2) is 6.23 Å². The van der Waals surface area contributed by atoms with Crippen molar-refractivity contribution in [3.8, 4) is 5.75 Å². The summed E-state index contributed by atoms with van der Waals surface area (Å²) >= 11 is 5.87. The van der Waals surface area contributed by atoms with Crippen LogP contribution in [-0.2, 0) is 28.2 Å². The number of aliphatic carboxylic acids is 1. The van der Waals surface area contributed by atoms with Gasteiger partial charge in [0, 0.05) is 11.2 Å². The molecule has 1 aliphatic rings. The Kier molecular flexibility index (Phi) is 11.5. The number of carbonyl (C=O) groups excluding carboxylic acids is 1. The lowest BCUT2D eigenvalue weighted by molar-refractivity contribution is -0.192. The van der Waals surface area contributed by atoms with E-state index in [4.69, 9.17) is 41.0 Å². The second-order valence-electron chi connectivity index (χ2n) is 8.76. The molecule has 0 saturated carbocycles. The van der Waals surface area contributed by atoms with E-state index in [1.807, 2.05) is 0 Å². The van der Waals surface area contributed by atoms with Crippen LogP contribution in [0.15, 0.2) is 41.3 Å². The maximum atomic E-state index is 13.5. The largest absolute Gasteiger partial charge is 0.490 e. The number of aromatic nitrogens is 2. The highest BCUT2D eigenvalue weighted by Crippen LogP contribution is 2.47. The molecule has 2 aromatic rings. The van der Waals surface area contributed by atoms with E-state index in [0.29, 0.717) is 5.02 Å². The molecule has 0 amide bonds. The number of nitrogen functional groups attached to an aromatic ring is 1. The highest BCUT2D eigenvalue weighted by Gasteiger charge is 2.54. The molecule has 1 aromatic heterocycles. The normalized spacial score (nSPS) is 24.1. The van der Waals surface area contributed by atoms with Crippen LogP contribution < -0.4 is 21.0 Å². The van der Waals surface area contributed by atoms with Crippen molar-refractivity contribution >= 4 is 37.1 Å². The van der Waals surface area contributed by atoms with Gasteiger partial charge in [-0.1, -0.05) is 11.6 Å². The number of hydrogen-bond donors (Lipinski definition) is 5. The molecule has 1 aliphatic heterocycles. The number of nitrogens with one attached hydrogen (secondary N) is 1. The van der Waals surface area contributed by atoms with E-state index >= 15 is 0 Å². The maximum Gasteiger partial charge on any atom is 0.490 e. The van der Waals surface area contributed by atoms with E-state index in [1.165, 1.54) is 50.4 Å². The van der Waals surface area contributed by atoms with Gasteiger partial charge in [-0.25, -0.2) is 14.2 Å². The summed E-state index contributed by atoms with van der Waals surface area (Å²) in [6, 6.07) is 6.09.